The summed E-state index contributed by atoms with van der Waals surface area (Å²) in [6, 6.07) is 15.7. The molecule has 160 valence electrons. The monoisotopic (exact) mass is 438 g/mol. The third-order valence-electron chi connectivity index (χ3n) is 4.70. The third-order valence-corrected chi connectivity index (χ3v) is 5.59. The minimum Gasteiger partial charge on any atom is -0.395 e. The molecule has 0 heterocycles. The Hall–Kier alpha value is -3.21. The maximum absolute atomic E-state index is 13.0. The van der Waals surface area contributed by atoms with Crippen LogP contribution in [0.1, 0.15) is 49.9 Å². The third kappa shape index (κ3) is 5.48. The second-order valence-electron chi connectivity index (χ2n) is 7.36. The van der Waals surface area contributed by atoms with Crippen molar-refractivity contribution in [2.45, 2.75) is 27.7 Å². The summed E-state index contributed by atoms with van der Waals surface area (Å²) in [4.78, 5) is 34.5. The smallest absolute Gasteiger partial charge is 0.395 e. The molecule has 0 radical (unpaired) electrons. The highest BCUT2D eigenvalue weighted by atomic mass is 31.2. The fourth-order valence-corrected chi connectivity index (χ4v) is 4.22. The quantitative estimate of drug-likeness (QED) is 0.381. The van der Waals surface area contributed by atoms with Crippen molar-refractivity contribution in [2.75, 3.05) is 0 Å². The Morgan fingerprint density at radius 3 is 1.97 bits per heavy atom. The molecule has 0 aliphatic rings. The molecule has 0 aliphatic carbocycles. The lowest BCUT2D eigenvalue weighted by Gasteiger charge is -2.15. The highest BCUT2D eigenvalue weighted by Gasteiger charge is 2.26. The Balaban J connectivity index is 1.80. The van der Waals surface area contributed by atoms with Crippen molar-refractivity contribution in [2.24, 2.45) is 0 Å². The van der Waals surface area contributed by atoms with Crippen LogP contribution in [0.3, 0.4) is 0 Å². The Labute approximate surface area is 181 Å². The first-order valence-electron chi connectivity index (χ1n) is 9.61. The van der Waals surface area contributed by atoms with Crippen LogP contribution in [-0.4, -0.2) is 16.5 Å². The van der Waals surface area contributed by atoms with Gasteiger partial charge < -0.3 is 9.05 Å². The van der Waals surface area contributed by atoms with Gasteiger partial charge in [-0.05, 0) is 75.2 Å². The fourth-order valence-electron chi connectivity index (χ4n) is 3.41. The average Bonchev–Trinajstić information content (AvgIpc) is 2.67. The lowest BCUT2D eigenvalue weighted by molar-refractivity contribution is 0.101. The summed E-state index contributed by atoms with van der Waals surface area (Å²) in [5, 5.41) is 0. The van der Waals surface area contributed by atoms with E-state index in [-0.39, 0.29) is 23.1 Å². The number of phosphoric ester groups is 1. The Morgan fingerprint density at radius 2 is 1.39 bits per heavy atom. The number of benzene rings is 3. The molecule has 0 spiro atoms. The van der Waals surface area contributed by atoms with Crippen LogP contribution in [0.5, 0.6) is 11.5 Å². The van der Waals surface area contributed by atoms with E-state index in [1.54, 1.807) is 12.1 Å². The van der Waals surface area contributed by atoms with Crippen molar-refractivity contribution in [3.8, 4) is 11.5 Å². The lowest BCUT2D eigenvalue weighted by Crippen LogP contribution is -2.07. The van der Waals surface area contributed by atoms with Crippen molar-refractivity contribution in [3.05, 3.63) is 94.0 Å². The molecule has 1 atom stereocenters. The Kier molecular flexibility index (Phi) is 6.44. The van der Waals surface area contributed by atoms with Gasteiger partial charge in [0.1, 0.15) is 11.5 Å². The van der Waals surface area contributed by atoms with Crippen LogP contribution in [0.15, 0.2) is 60.7 Å². The first-order valence-corrected chi connectivity index (χ1v) is 11.1. The zero-order valence-electron chi connectivity index (χ0n) is 17.7. The lowest BCUT2D eigenvalue weighted by atomic mass is 9.93. The number of carbonyl (C=O) groups excluding carboxylic acids is 2. The van der Waals surface area contributed by atoms with Crippen LogP contribution in [0.4, 0.5) is 0 Å². The van der Waals surface area contributed by atoms with Gasteiger partial charge in [0.2, 0.25) is 0 Å². The second kappa shape index (κ2) is 8.88. The molecule has 7 heteroatoms. The van der Waals surface area contributed by atoms with Gasteiger partial charge in [0, 0.05) is 16.7 Å². The molecular formula is C24H23O6P. The molecule has 3 aromatic rings. The highest BCUT2D eigenvalue weighted by Crippen LogP contribution is 2.44. The van der Waals surface area contributed by atoms with E-state index in [0.29, 0.717) is 16.7 Å². The summed E-state index contributed by atoms with van der Waals surface area (Å²) in [5.74, 6) is -0.224. The molecule has 0 saturated heterocycles. The van der Waals surface area contributed by atoms with E-state index in [2.05, 4.69) is 0 Å². The molecule has 6 nitrogen and oxygen atoms in total. The zero-order valence-corrected chi connectivity index (χ0v) is 18.6. The summed E-state index contributed by atoms with van der Waals surface area (Å²) in [7, 11) is -4.52. The van der Waals surface area contributed by atoms with E-state index in [9.17, 15) is 19.0 Å². The molecule has 31 heavy (non-hydrogen) atoms. The largest absolute Gasteiger partial charge is 0.584 e. The molecule has 0 saturated carbocycles. The topological polar surface area (TPSA) is 89.9 Å². The van der Waals surface area contributed by atoms with Gasteiger partial charge in [-0.3, -0.25) is 14.5 Å². The van der Waals surface area contributed by atoms with Crippen LogP contribution >= 0.6 is 7.82 Å². The second-order valence-corrected chi connectivity index (χ2v) is 8.66. The van der Waals surface area contributed by atoms with Crippen LogP contribution in [0.25, 0.3) is 0 Å². The van der Waals surface area contributed by atoms with Gasteiger partial charge in [-0.25, -0.2) is 4.57 Å². The predicted molar refractivity (Wildman–Crippen MR) is 118 cm³/mol. The number of ketones is 2. The molecule has 3 rings (SSSR count). The van der Waals surface area contributed by atoms with Crippen molar-refractivity contribution >= 4 is 19.4 Å². The van der Waals surface area contributed by atoms with Gasteiger partial charge in [-0.1, -0.05) is 29.8 Å². The SMILES string of the molecule is CC(=O)c1ccc(OP(=O)(O)Oc2cccc(C(=O)c3c(C)cc(C)cc3C)c2)cc1. The Bertz CT molecular complexity index is 1170. The molecule has 0 amide bonds. The first kappa shape index (κ1) is 22.5. The van der Waals surface area contributed by atoms with Gasteiger partial charge in [-0.2, -0.15) is 0 Å². The molecular weight excluding hydrogens is 415 g/mol. The minimum atomic E-state index is -4.52. The maximum Gasteiger partial charge on any atom is 0.584 e. The number of aryl methyl sites for hydroxylation is 3. The predicted octanol–water partition coefficient (Wildman–Crippen LogP) is 5.60. The van der Waals surface area contributed by atoms with Crippen molar-refractivity contribution in [3.63, 3.8) is 0 Å². The standard InChI is InChI=1S/C24H23O6P/c1-15-12-16(2)23(17(3)13-15)24(26)20-6-5-7-22(14-20)30-31(27,28)29-21-10-8-19(9-11-21)18(4)25/h5-14H,1-4H3,(H,27,28). The Morgan fingerprint density at radius 1 is 0.806 bits per heavy atom. The van der Waals surface area contributed by atoms with Crippen molar-refractivity contribution < 1.29 is 28.1 Å². The summed E-state index contributed by atoms with van der Waals surface area (Å²) in [6.07, 6.45) is 0. The van der Waals surface area contributed by atoms with E-state index in [1.165, 1.54) is 43.3 Å². The van der Waals surface area contributed by atoms with Crippen LogP contribution in [0.2, 0.25) is 0 Å². The number of Topliss-reactive ketones (excluding diaryl/α,β-unsaturated/α-hetero) is 1. The van der Waals surface area contributed by atoms with Crippen LogP contribution in [-0.2, 0) is 4.57 Å². The zero-order chi connectivity index (χ0) is 22.8. The minimum absolute atomic E-state index is 0.0273. The van der Waals surface area contributed by atoms with Gasteiger partial charge in [0.25, 0.3) is 0 Å². The average molecular weight is 438 g/mol. The molecule has 1 unspecified atom stereocenters. The van der Waals surface area contributed by atoms with E-state index in [0.717, 1.165) is 16.7 Å². The van der Waals surface area contributed by atoms with Gasteiger partial charge >= 0.3 is 7.82 Å². The first-order chi connectivity index (χ1) is 14.6. The molecule has 3 aromatic carbocycles. The van der Waals surface area contributed by atoms with Gasteiger partial charge in [0.15, 0.2) is 11.6 Å². The van der Waals surface area contributed by atoms with Gasteiger partial charge in [0.05, 0.1) is 0 Å². The maximum atomic E-state index is 13.0. The summed E-state index contributed by atoms with van der Waals surface area (Å²) < 4.78 is 22.7. The molecule has 1 N–H and O–H groups in total. The molecule has 0 aromatic heterocycles. The number of rotatable bonds is 7. The van der Waals surface area contributed by atoms with E-state index >= 15 is 0 Å². The molecule has 0 fully saturated rings. The fraction of sp³-hybridized carbons (Fsp3) is 0.167. The van der Waals surface area contributed by atoms with Crippen LogP contribution in [0, 0.1) is 20.8 Å². The normalized spacial score (nSPS) is 12.7. The summed E-state index contributed by atoms with van der Waals surface area (Å²) >= 11 is 0. The van der Waals surface area contributed by atoms with Gasteiger partial charge in [-0.15, -0.1) is 0 Å². The number of phosphoric acid groups is 1. The number of hydrogen-bond donors (Lipinski definition) is 1. The number of carbonyl (C=O) groups is 2. The highest BCUT2D eigenvalue weighted by molar-refractivity contribution is 7.48. The number of hydrogen-bond acceptors (Lipinski definition) is 5. The van der Waals surface area contributed by atoms with Crippen molar-refractivity contribution in [1.29, 1.82) is 0 Å². The molecule has 0 aliphatic heterocycles. The molecule has 0 bridgehead atoms. The van der Waals surface area contributed by atoms with Crippen molar-refractivity contribution in [1.82, 2.24) is 0 Å². The van der Waals surface area contributed by atoms with E-state index in [1.807, 2.05) is 32.9 Å². The summed E-state index contributed by atoms with van der Waals surface area (Å²) in [6.45, 7) is 7.14. The van der Waals surface area contributed by atoms with E-state index in [4.69, 9.17) is 9.05 Å². The van der Waals surface area contributed by atoms with E-state index < -0.39 is 7.82 Å². The van der Waals surface area contributed by atoms with Crippen LogP contribution < -0.4 is 9.05 Å². The summed E-state index contributed by atoms with van der Waals surface area (Å²) in [5.41, 5.74) is 4.17.